The molecule has 28 heavy (non-hydrogen) atoms. The first-order valence-corrected chi connectivity index (χ1v) is 9.04. The van der Waals surface area contributed by atoms with Crippen LogP contribution in [0.4, 0.5) is 8.78 Å². The van der Waals surface area contributed by atoms with Gasteiger partial charge in [0.05, 0.1) is 5.56 Å². The fourth-order valence-electron chi connectivity index (χ4n) is 3.81. The monoisotopic (exact) mass is 388 g/mol. The Morgan fingerprint density at radius 2 is 2.04 bits per heavy atom. The maximum atomic E-state index is 13.2. The van der Waals surface area contributed by atoms with E-state index in [4.69, 9.17) is 4.74 Å². The van der Waals surface area contributed by atoms with Crippen LogP contribution in [0.1, 0.15) is 35.2 Å². The van der Waals surface area contributed by atoms with Gasteiger partial charge in [-0.05, 0) is 35.7 Å². The largest absolute Gasteiger partial charge is 0.459 e. The fourth-order valence-corrected chi connectivity index (χ4v) is 3.81. The van der Waals surface area contributed by atoms with Gasteiger partial charge < -0.3 is 15.0 Å². The molecule has 0 radical (unpaired) electrons. The number of alkyl halides is 2. The summed E-state index contributed by atoms with van der Waals surface area (Å²) in [6, 6.07) is 7.68. The van der Waals surface area contributed by atoms with E-state index < -0.39 is 24.5 Å². The second-order valence-corrected chi connectivity index (χ2v) is 6.94. The number of piperazine rings is 1. The van der Waals surface area contributed by atoms with Crippen LogP contribution in [0.3, 0.4) is 0 Å². The summed E-state index contributed by atoms with van der Waals surface area (Å²) in [6.07, 6.45) is -1.36. The number of fused-ring (bicyclic) bond motifs is 2. The molecule has 4 rings (SSSR count). The number of hydrogen-bond acceptors (Lipinski definition) is 4. The number of amides is 2. The zero-order chi connectivity index (χ0) is 19.8. The molecule has 2 aromatic carbocycles. The van der Waals surface area contributed by atoms with Gasteiger partial charge in [-0.15, -0.1) is 0 Å². The SMILES string of the molecule is O=C(OC[C@@H]1NC(=O)[C@@H]2CCCN2C1=O)c1cc(C(F)F)cc2ccccc12. The number of carbonyl (C=O) groups excluding carboxylic acids is 3. The molecule has 8 heteroatoms. The lowest BCUT2D eigenvalue weighted by Gasteiger charge is -2.34. The number of nitrogens with one attached hydrogen (secondary N) is 1. The lowest BCUT2D eigenvalue weighted by atomic mass is 10.0. The molecule has 2 aliphatic rings. The smallest absolute Gasteiger partial charge is 0.338 e. The van der Waals surface area contributed by atoms with Crippen LogP contribution in [-0.2, 0) is 14.3 Å². The number of benzene rings is 2. The van der Waals surface area contributed by atoms with Crippen molar-refractivity contribution in [3.05, 3.63) is 47.5 Å². The first kappa shape index (κ1) is 18.3. The van der Waals surface area contributed by atoms with Gasteiger partial charge in [-0.3, -0.25) is 9.59 Å². The van der Waals surface area contributed by atoms with Crippen molar-refractivity contribution in [1.29, 1.82) is 0 Å². The quantitative estimate of drug-likeness (QED) is 0.817. The topological polar surface area (TPSA) is 75.7 Å². The van der Waals surface area contributed by atoms with E-state index in [-0.39, 0.29) is 29.5 Å². The lowest BCUT2D eigenvalue weighted by Crippen LogP contribution is -2.62. The number of esters is 1. The number of nitrogens with zero attached hydrogens (tertiary/aromatic N) is 1. The molecule has 0 spiro atoms. The average molecular weight is 388 g/mol. The van der Waals surface area contributed by atoms with Crippen LogP contribution in [0, 0.1) is 0 Å². The highest BCUT2D eigenvalue weighted by Gasteiger charge is 2.43. The molecule has 2 atom stereocenters. The van der Waals surface area contributed by atoms with E-state index in [1.165, 1.54) is 11.0 Å². The summed E-state index contributed by atoms with van der Waals surface area (Å²) in [7, 11) is 0. The van der Waals surface area contributed by atoms with Gasteiger partial charge in [0.2, 0.25) is 11.8 Å². The van der Waals surface area contributed by atoms with E-state index in [1.807, 2.05) is 0 Å². The van der Waals surface area contributed by atoms with E-state index in [0.29, 0.717) is 23.7 Å². The summed E-state index contributed by atoms with van der Waals surface area (Å²) in [5.74, 6) is -1.37. The van der Waals surface area contributed by atoms with E-state index >= 15 is 0 Å². The van der Waals surface area contributed by atoms with Crippen molar-refractivity contribution >= 4 is 28.6 Å². The third-order valence-electron chi connectivity index (χ3n) is 5.19. The van der Waals surface area contributed by atoms with Crippen molar-refractivity contribution in [2.24, 2.45) is 0 Å². The molecule has 0 bridgehead atoms. The molecule has 2 fully saturated rings. The Balaban J connectivity index is 1.54. The van der Waals surface area contributed by atoms with Crippen molar-refractivity contribution in [1.82, 2.24) is 10.2 Å². The molecule has 2 aliphatic heterocycles. The standard InChI is InChI=1S/C20H18F2N2O4/c21-17(22)12-8-11-4-1-2-5-13(11)14(9-12)20(27)28-10-15-19(26)24-7-3-6-16(24)18(25)23-15/h1-2,4-5,8-9,15-17H,3,6-7,10H2,(H,23,25)/t15-,16-/m0/s1. The van der Waals surface area contributed by atoms with Crippen LogP contribution >= 0.6 is 0 Å². The number of ether oxygens (including phenoxy) is 1. The Morgan fingerprint density at radius 3 is 2.82 bits per heavy atom. The van der Waals surface area contributed by atoms with Crippen molar-refractivity contribution < 1.29 is 27.9 Å². The summed E-state index contributed by atoms with van der Waals surface area (Å²) in [6.45, 7) is 0.155. The molecule has 0 aromatic heterocycles. The van der Waals surface area contributed by atoms with Gasteiger partial charge in [0.25, 0.3) is 6.43 Å². The predicted molar refractivity (Wildman–Crippen MR) is 95.9 cm³/mol. The Hall–Kier alpha value is -3.03. The van der Waals surface area contributed by atoms with Crippen LogP contribution in [0.25, 0.3) is 10.8 Å². The minimum atomic E-state index is -2.73. The molecule has 2 heterocycles. The Morgan fingerprint density at radius 1 is 1.25 bits per heavy atom. The number of halogens is 2. The van der Waals surface area contributed by atoms with Gasteiger partial charge in [-0.25, -0.2) is 13.6 Å². The fraction of sp³-hybridized carbons (Fsp3) is 0.350. The van der Waals surface area contributed by atoms with Gasteiger partial charge in [0, 0.05) is 12.1 Å². The molecule has 2 amide bonds. The minimum Gasteiger partial charge on any atom is -0.459 e. The first-order chi connectivity index (χ1) is 13.5. The van der Waals surface area contributed by atoms with Crippen LogP contribution in [0.2, 0.25) is 0 Å². The zero-order valence-electron chi connectivity index (χ0n) is 14.9. The van der Waals surface area contributed by atoms with E-state index in [2.05, 4.69) is 5.32 Å². The lowest BCUT2D eigenvalue weighted by molar-refractivity contribution is -0.148. The summed E-state index contributed by atoms with van der Waals surface area (Å²) in [5, 5.41) is 3.56. The number of hydrogen-bond donors (Lipinski definition) is 1. The van der Waals surface area contributed by atoms with Crippen molar-refractivity contribution in [3.8, 4) is 0 Å². The molecule has 0 saturated carbocycles. The van der Waals surface area contributed by atoms with Crippen molar-refractivity contribution in [2.75, 3.05) is 13.2 Å². The molecule has 6 nitrogen and oxygen atoms in total. The van der Waals surface area contributed by atoms with Crippen LogP contribution in [0.5, 0.6) is 0 Å². The maximum absolute atomic E-state index is 13.2. The maximum Gasteiger partial charge on any atom is 0.338 e. The molecule has 146 valence electrons. The second kappa shape index (κ2) is 7.18. The van der Waals surface area contributed by atoms with Crippen LogP contribution in [-0.4, -0.2) is 47.9 Å². The van der Waals surface area contributed by atoms with Crippen molar-refractivity contribution in [2.45, 2.75) is 31.4 Å². The van der Waals surface area contributed by atoms with Crippen LogP contribution < -0.4 is 5.32 Å². The first-order valence-electron chi connectivity index (χ1n) is 9.04. The summed E-state index contributed by atoms with van der Waals surface area (Å²) in [4.78, 5) is 38.7. The van der Waals surface area contributed by atoms with Gasteiger partial charge in [0.15, 0.2) is 0 Å². The Labute approximate surface area is 159 Å². The summed E-state index contributed by atoms with van der Waals surface area (Å²) < 4.78 is 31.6. The van der Waals surface area contributed by atoms with Crippen LogP contribution in [0.15, 0.2) is 36.4 Å². The zero-order valence-corrected chi connectivity index (χ0v) is 14.9. The van der Waals surface area contributed by atoms with Gasteiger partial charge >= 0.3 is 5.97 Å². The normalized spacial score (nSPS) is 21.8. The average Bonchev–Trinajstić information content (AvgIpc) is 3.19. The molecular formula is C20H18F2N2O4. The molecule has 0 aliphatic carbocycles. The highest BCUT2D eigenvalue weighted by Crippen LogP contribution is 2.28. The molecule has 2 saturated heterocycles. The minimum absolute atomic E-state index is 0.00188. The van der Waals surface area contributed by atoms with E-state index in [1.54, 1.807) is 24.3 Å². The molecule has 0 unspecified atom stereocenters. The summed E-state index contributed by atoms with van der Waals surface area (Å²) in [5.41, 5.74) is -0.283. The molecular weight excluding hydrogens is 370 g/mol. The Bertz CT molecular complexity index is 962. The Kier molecular flexibility index (Phi) is 4.70. The third-order valence-corrected chi connectivity index (χ3v) is 5.19. The van der Waals surface area contributed by atoms with Crippen molar-refractivity contribution in [3.63, 3.8) is 0 Å². The molecule has 1 N–H and O–H groups in total. The predicted octanol–water partition coefficient (Wildman–Crippen LogP) is 2.42. The van der Waals surface area contributed by atoms with Gasteiger partial charge in [-0.2, -0.15) is 0 Å². The highest BCUT2D eigenvalue weighted by atomic mass is 19.3. The van der Waals surface area contributed by atoms with E-state index in [9.17, 15) is 23.2 Å². The number of rotatable bonds is 4. The van der Waals surface area contributed by atoms with E-state index in [0.717, 1.165) is 12.5 Å². The van der Waals surface area contributed by atoms with Gasteiger partial charge in [0.1, 0.15) is 18.7 Å². The second-order valence-electron chi connectivity index (χ2n) is 6.94. The highest BCUT2D eigenvalue weighted by molar-refractivity contribution is 6.05. The number of carbonyl (C=O) groups is 3. The summed E-state index contributed by atoms with van der Waals surface area (Å²) >= 11 is 0. The third kappa shape index (κ3) is 3.19. The van der Waals surface area contributed by atoms with Gasteiger partial charge in [-0.1, -0.05) is 24.3 Å². The molecule has 2 aromatic rings.